The van der Waals surface area contributed by atoms with Gasteiger partial charge in [0.25, 0.3) is 0 Å². The Morgan fingerprint density at radius 1 is 1.24 bits per heavy atom. The fourth-order valence-corrected chi connectivity index (χ4v) is 1.75. The number of likely N-dealkylation sites (tertiary alicyclic amines) is 1. The zero-order valence-electron chi connectivity index (χ0n) is 9.59. The molecule has 0 saturated carbocycles. The lowest BCUT2D eigenvalue weighted by atomic mass is 9.97. The van der Waals surface area contributed by atoms with Crippen molar-refractivity contribution < 1.29 is 24.2 Å². The van der Waals surface area contributed by atoms with Crippen molar-refractivity contribution in [1.29, 1.82) is 0 Å². The number of nitrogens with zero attached hydrogens (tertiary/aromatic N) is 1. The number of hydrogen-bond acceptors (Lipinski definition) is 4. The second kappa shape index (κ2) is 6.03. The highest BCUT2D eigenvalue weighted by Gasteiger charge is 2.26. The third kappa shape index (κ3) is 3.90. The number of carboxylic acid groups (broad SMARTS) is 1. The van der Waals surface area contributed by atoms with Gasteiger partial charge in [0, 0.05) is 25.2 Å². The van der Waals surface area contributed by atoms with E-state index in [1.165, 1.54) is 12.0 Å². The van der Waals surface area contributed by atoms with Gasteiger partial charge in [-0.3, -0.25) is 9.59 Å². The van der Waals surface area contributed by atoms with E-state index in [1.54, 1.807) is 0 Å². The van der Waals surface area contributed by atoms with Gasteiger partial charge in [0.15, 0.2) is 0 Å². The van der Waals surface area contributed by atoms with Crippen LogP contribution in [0.2, 0.25) is 0 Å². The molecule has 0 aromatic rings. The van der Waals surface area contributed by atoms with E-state index in [1.807, 2.05) is 0 Å². The normalized spacial score (nSPS) is 17.1. The SMILES string of the molecule is COC(=O)C1CCN(C(=O)C=CC(=O)O)CC1. The molecule has 1 N–H and O–H groups in total. The van der Waals surface area contributed by atoms with Crippen LogP contribution in [0.5, 0.6) is 0 Å². The molecule has 6 heteroatoms. The summed E-state index contributed by atoms with van der Waals surface area (Å²) in [5, 5.41) is 8.39. The summed E-state index contributed by atoms with van der Waals surface area (Å²) in [4.78, 5) is 34.5. The fourth-order valence-electron chi connectivity index (χ4n) is 1.75. The summed E-state index contributed by atoms with van der Waals surface area (Å²) in [6, 6.07) is 0. The topological polar surface area (TPSA) is 83.9 Å². The van der Waals surface area contributed by atoms with Crippen molar-refractivity contribution >= 4 is 17.8 Å². The summed E-state index contributed by atoms with van der Waals surface area (Å²) in [5.74, 6) is -1.90. The van der Waals surface area contributed by atoms with E-state index in [0.29, 0.717) is 25.9 Å². The van der Waals surface area contributed by atoms with E-state index in [2.05, 4.69) is 4.74 Å². The maximum absolute atomic E-state index is 11.5. The summed E-state index contributed by atoms with van der Waals surface area (Å²) in [7, 11) is 1.34. The number of piperidine rings is 1. The molecule has 1 heterocycles. The zero-order valence-corrected chi connectivity index (χ0v) is 9.59. The lowest BCUT2D eigenvalue weighted by Crippen LogP contribution is -2.39. The highest BCUT2D eigenvalue weighted by molar-refractivity contribution is 5.94. The highest BCUT2D eigenvalue weighted by Crippen LogP contribution is 2.18. The summed E-state index contributed by atoms with van der Waals surface area (Å²) < 4.78 is 4.63. The minimum absolute atomic E-state index is 0.160. The Morgan fingerprint density at radius 3 is 2.29 bits per heavy atom. The quantitative estimate of drug-likeness (QED) is 0.557. The summed E-state index contributed by atoms with van der Waals surface area (Å²) in [6.45, 7) is 0.894. The minimum Gasteiger partial charge on any atom is -0.478 e. The summed E-state index contributed by atoms with van der Waals surface area (Å²) in [6.07, 6.45) is 2.95. The maximum Gasteiger partial charge on any atom is 0.328 e. The molecule has 0 radical (unpaired) electrons. The molecule has 1 saturated heterocycles. The number of carboxylic acids is 1. The van der Waals surface area contributed by atoms with Gasteiger partial charge in [0.05, 0.1) is 13.0 Å². The Kier molecular flexibility index (Phi) is 4.68. The van der Waals surface area contributed by atoms with Crippen LogP contribution in [0.25, 0.3) is 0 Å². The molecule has 1 rings (SSSR count). The Balaban J connectivity index is 2.44. The van der Waals surface area contributed by atoms with Gasteiger partial charge in [-0.05, 0) is 12.8 Å². The molecular formula is C11H15NO5. The Hall–Kier alpha value is -1.85. The number of carbonyl (C=O) groups excluding carboxylic acids is 2. The van der Waals surface area contributed by atoms with Gasteiger partial charge in [0.2, 0.25) is 5.91 Å². The van der Waals surface area contributed by atoms with Crippen LogP contribution in [0.4, 0.5) is 0 Å². The average Bonchev–Trinajstić information content (AvgIpc) is 2.35. The van der Waals surface area contributed by atoms with Crippen LogP contribution in [-0.4, -0.2) is 48.1 Å². The number of ether oxygens (including phenoxy) is 1. The van der Waals surface area contributed by atoms with Crippen LogP contribution in [0.15, 0.2) is 12.2 Å². The standard InChI is InChI=1S/C11H15NO5/c1-17-11(16)8-4-6-12(7-5-8)9(13)2-3-10(14)15/h2-3,8H,4-7H2,1H3,(H,14,15). The molecule has 0 aromatic heterocycles. The van der Waals surface area contributed by atoms with Gasteiger partial charge in [-0.25, -0.2) is 4.79 Å². The minimum atomic E-state index is -1.15. The molecule has 1 aliphatic rings. The number of aliphatic carboxylic acids is 1. The van der Waals surface area contributed by atoms with Crippen LogP contribution in [0.1, 0.15) is 12.8 Å². The number of rotatable bonds is 3. The molecule has 0 aromatic carbocycles. The van der Waals surface area contributed by atoms with Crippen LogP contribution >= 0.6 is 0 Å². The lowest BCUT2D eigenvalue weighted by Gasteiger charge is -2.29. The van der Waals surface area contributed by atoms with Crippen molar-refractivity contribution in [2.24, 2.45) is 5.92 Å². The Labute approximate surface area is 98.8 Å². The predicted molar refractivity (Wildman–Crippen MR) is 58.1 cm³/mol. The molecular weight excluding hydrogens is 226 g/mol. The van der Waals surface area contributed by atoms with Crippen LogP contribution in [0, 0.1) is 5.92 Å². The molecule has 1 amide bonds. The average molecular weight is 241 g/mol. The largest absolute Gasteiger partial charge is 0.478 e. The van der Waals surface area contributed by atoms with Crippen molar-refractivity contribution in [2.45, 2.75) is 12.8 Å². The monoisotopic (exact) mass is 241 g/mol. The zero-order chi connectivity index (χ0) is 12.8. The molecule has 1 aliphatic heterocycles. The van der Waals surface area contributed by atoms with Gasteiger partial charge < -0.3 is 14.7 Å². The van der Waals surface area contributed by atoms with Crippen LogP contribution in [0.3, 0.4) is 0 Å². The van der Waals surface area contributed by atoms with E-state index >= 15 is 0 Å². The van der Waals surface area contributed by atoms with Gasteiger partial charge in [-0.2, -0.15) is 0 Å². The number of hydrogen-bond donors (Lipinski definition) is 1. The number of carbonyl (C=O) groups is 3. The number of amides is 1. The second-order valence-electron chi connectivity index (χ2n) is 3.79. The molecule has 1 fully saturated rings. The molecule has 6 nitrogen and oxygen atoms in total. The predicted octanol–water partition coefficient (Wildman–Crippen LogP) is 0.0388. The van der Waals surface area contributed by atoms with Gasteiger partial charge in [0.1, 0.15) is 0 Å². The van der Waals surface area contributed by atoms with Gasteiger partial charge in [-0.1, -0.05) is 0 Å². The number of esters is 1. The first-order valence-electron chi connectivity index (χ1n) is 5.32. The van der Waals surface area contributed by atoms with Crippen molar-refractivity contribution in [3.8, 4) is 0 Å². The third-order valence-corrected chi connectivity index (χ3v) is 2.71. The Morgan fingerprint density at radius 2 is 1.82 bits per heavy atom. The summed E-state index contributed by atoms with van der Waals surface area (Å²) >= 11 is 0. The van der Waals surface area contributed by atoms with E-state index in [4.69, 9.17) is 5.11 Å². The highest BCUT2D eigenvalue weighted by atomic mass is 16.5. The molecule has 94 valence electrons. The maximum atomic E-state index is 11.5. The van der Waals surface area contributed by atoms with Crippen molar-refractivity contribution in [3.63, 3.8) is 0 Å². The first kappa shape index (κ1) is 13.2. The molecule has 0 unspecified atom stereocenters. The number of methoxy groups -OCH3 is 1. The van der Waals surface area contributed by atoms with Gasteiger partial charge >= 0.3 is 11.9 Å². The first-order chi connectivity index (χ1) is 8.04. The third-order valence-electron chi connectivity index (χ3n) is 2.71. The molecule has 0 spiro atoms. The van der Waals surface area contributed by atoms with Crippen LogP contribution < -0.4 is 0 Å². The molecule has 0 atom stereocenters. The van der Waals surface area contributed by atoms with Crippen molar-refractivity contribution in [2.75, 3.05) is 20.2 Å². The lowest BCUT2D eigenvalue weighted by molar-refractivity contribution is -0.148. The van der Waals surface area contributed by atoms with Crippen molar-refractivity contribution in [1.82, 2.24) is 4.90 Å². The molecule has 0 aliphatic carbocycles. The van der Waals surface area contributed by atoms with E-state index in [0.717, 1.165) is 12.2 Å². The smallest absolute Gasteiger partial charge is 0.328 e. The first-order valence-corrected chi connectivity index (χ1v) is 5.32. The van der Waals surface area contributed by atoms with Gasteiger partial charge in [-0.15, -0.1) is 0 Å². The van der Waals surface area contributed by atoms with E-state index < -0.39 is 5.97 Å². The van der Waals surface area contributed by atoms with E-state index in [-0.39, 0.29) is 17.8 Å². The van der Waals surface area contributed by atoms with Crippen molar-refractivity contribution in [3.05, 3.63) is 12.2 Å². The fraction of sp³-hybridized carbons (Fsp3) is 0.545. The molecule has 0 bridgehead atoms. The molecule has 17 heavy (non-hydrogen) atoms. The second-order valence-corrected chi connectivity index (χ2v) is 3.79. The summed E-state index contributed by atoms with van der Waals surface area (Å²) in [5.41, 5.74) is 0. The Bertz CT molecular complexity index is 342. The van der Waals surface area contributed by atoms with E-state index in [9.17, 15) is 14.4 Å². The van der Waals surface area contributed by atoms with Crippen LogP contribution in [-0.2, 0) is 19.1 Å².